The summed E-state index contributed by atoms with van der Waals surface area (Å²) in [4.78, 5) is 44.2. The van der Waals surface area contributed by atoms with Crippen molar-refractivity contribution >= 4 is 23.4 Å². The summed E-state index contributed by atoms with van der Waals surface area (Å²) < 4.78 is 0. The van der Waals surface area contributed by atoms with Gasteiger partial charge in [-0.2, -0.15) is 0 Å². The first kappa shape index (κ1) is 18.9. The first-order valence-corrected chi connectivity index (χ1v) is 10.2. The number of nitrogens with one attached hydrogen (secondary N) is 1. The standard InChI is InChI=1S/C21H28N4O3/c1-23-9-11-24(12-10-23)21(28)18-7-4-8-25(18)19(26)14-16-13-15-5-2-3-6-17(15)22-20(16)27/h2-3,5-6,16,18H,4,7-14H2,1H3,(H,22,27). The van der Waals surface area contributed by atoms with Crippen molar-refractivity contribution in [2.24, 2.45) is 5.92 Å². The van der Waals surface area contributed by atoms with Crippen LogP contribution in [0.5, 0.6) is 0 Å². The second kappa shape index (κ2) is 7.91. The number of rotatable bonds is 3. The van der Waals surface area contributed by atoms with E-state index in [0.29, 0.717) is 13.0 Å². The van der Waals surface area contributed by atoms with E-state index in [4.69, 9.17) is 0 Å². The zero-order valence-corrected chi connectivity index (χ0v) is 16.4. The molecule has 0 radical (unpaired) electrons. The molecule has 0 spiro atoms. The van der Waals surface area contributed by atoms with E-state index in [9.17, 15) is 14.4 Å². The number of benzene rings is 1. The van der Waals surface area contributed by atoms with Gasteiger partial charge in [0, 0.05) is 44.8 Å². The van der Waals surface area contributed by atoms with Crippen molar-refractivity contribution in [3.05, 3.63) is 29.8 Å². The molecule has 3 aliphatic rings. The molecule has 1 aromatic rings. The van der Waals surface area contributed by atoms with Crippen LogP contribution in [-0.4, -0.2) is 78.2 Å². The van der Waals surface area contributed by atoms with E-state index in [-0.39, 0.29) is 36.1 Å². The summed E-state index contributed by atoms with van der Waals surface area (Å²) in [5, 5.41) is 2.91. The number of hydrogen-bond acceptors (Lipinski definition) is 4. The quantitative estimate of drug-likeness (QED) is 0.842. The van der Waals surface area contributed by atoms with Gasteiger partial charge in [-0.25, -0.2) is 0 Å². The molecule has 0 aromatic heterocycles. The van der Waals surface area contributed by atoms with Gasteiger partial charge in [0.25, 0.3) is 0 Å². The first-order valence-electron chi connectivity index (χ1n) is 10.2. The summed E-state index contributed by atoms with van der Waals surface area (Å²) in [6.07, 6.45) is 2.29. The number of para-hydroxylation sites is 1. The van der Waals surface area contributed by atoms with Gasteiger partial charge >= 0.3 is 0 Å². The van der Waals surface area contributed by atoms with Crippen LogP contribution in [0.3, 0.4) is 0 Å². The van der Waals surface area contributed by atoms with Gasteiger partial charge in [-0.3, -0.25) is 14.4 Å². The molecule has 150 valence electrons. The molecule has 1 N–H and O–H groups in total. The van der Waals surface area contributed by atoms with Crippen molar-refractivity contribution in [3.63, 3.8) is 0 Å². The van der Waals surface area contributed by atoms with Crippen LogP contribution < -0.4 is 5.32 Å². The van der Waals surface area contributed by atoms with Crippen LogP contribution in [0.15, 0.2) is 24.3 Å². The van der Waals surface area contributed by atoms with Crippen molar-refractivity contribution in [1.29, 1.82) is 0 Å². The maximum atomic E-state index is 13.0. The van der Waals surface area contributed by atoms with Gasteiger partial charge in [-0.1, -0.05) is 18.2 Å². The van der Waals surface area contributed by atoms with E-state index in [1.165, 1.54) is 0 Å². The SMILES string of the molecule is CN1CCN(C(=O)C2CCCN2C(=O)CC2Cc3ccccc3NC2=O)CC1. The Morgan fingerprint density at radius 3 is 2.64 bits per heavy atom. The number of piperazine rings is 1. The van der Waals surface area contributed by atoms with Crippen LogP contribution in [-0.2, 0) is 20.8 Å². The zero-order chi connectivity index (χ0) is 19.7. The van der Waals surface area contributed by atoms with Gasteiger partial charge in [-0.05, 0) is 37.9 Å². The second-order valence-corrected chi connectivity index (χ2v) is 8.13. The number of fused-ring (bicyclic) bond motifs is 1. The monoisotopic (exact) mass is 384 g/mol. The van der Waals surface area contributed by atoms with E-state index in [1.807, 2.05) is 29.2 Å². The first-order chi connectivity index (χ1) is 13.5. The lowest BCUT2D eigenvalue weighted by Gasteiger charge is -2.36. The van der Waals surface area contributed by atoms with Gasteiger partial charge in [0.1, 0.15) is 6.04 Å². The van der Waals surface area contributed by atoms with E-state index >= 15 is 0 Å². The molecule has 1 aromatic carbocycles. The minimum atomic E-state index is -0.373. The Hall–Kier alpha value is -2.41. The Morgan fingerprint density at radius 2 is 1.86 bits per heavy atom. The maximum absolute atomic E-state index is 13.0. The second-order valence-electron chi connectivity index (χ2n) is 8.13. The number of likely N-dealkylation sites (N-methyl/N-ethyl adjacent to an activating group) is 1. The molecule has 3 amide bonds. The minimum Gasteiger partial charge on any atom is -0.338 e. The van der Waals surface area contributed by atoms with Gasteiger partial charge < -0.3 is 20.0 Å². The van der Waals surface area contributed by atoms with Crippen molar-refractivity contribution in [2.75, 3.05) is 45.1 Å². The molecule has 0 saturated carbocycles. The molecule has 3 aliphatic heterocycles. The fourth-order valence-corrected chi connectivity index (χ4v) is 4.47. The normalized spacial score (nSPS) is 25.4. The third kappa shape index (κ3) is 3.76. The Morgan fingerprint density at radius 1 is 1.11 bits per heavy atom. The lowest BCUT2D eigenvalue weighted by molar-refractivity contribution is -0.145. The number of carbonyl (C=O) groups is 3. The van der Waals surface area contributed by atoms with Crippen molar-refractivity contribution in [1.82, 2.24) is 14.7 Å². The molecule has 2 unspecified atom stereocenters. The molecule has 3 heterocycles. The third-order valence-electron chi connectivity index (χ3n) is 6.21. The average Bonchev–Trinajstić information content (AvgIpc) is 3.18. The van der Waals surface area contributed by atoms with Crippen LogP contribution in [0.2, 0.25) is 0 Å². The van der Waals surface area contributed by atoms with E-state index < -0.39 is 0 Å². The number of carbonyl (C=O) groups excluding carboxylic acids is 3. The Bertz CT molecular complexity index is 773. The minimum absolute atomic E-state index is 0.0670. The van der Waals surface area contributed by atoms with Gasteiger partial charge in [0.05, 0.1) is 5.92 Å². The number of anilines is 1. The number of hydrogen-bond donors (Lipinski definition) is 1. The zero-order valence-electron chi connectivity index (χ0n) is 16.4. The molecule has 0 aliphatic carbocycles. The highest BCUT2D eigenvalue weighted by atomic mass is 16.2. The molecule has 2 fully saturated rings. The molecule has 7 heteroatoms. The smallest absolute Gasteiger partial charge is 0.245 e. The number of likely N-dealkylation sites (tertiary alicyclic amines) is 1. The van der Waals surface area contributed by atoms with Crippen LogP contribution in [0.1, 0.15) is 24.8 Å². The number of amides is 3. The molecular formula is C21H28N4O3. The van der Waals surface area contributed by atoms with Crippen molar-refractivity contribution < 1.29 is 14.4 Å². The molecule has 7 nitrogen and oxygen atoms in total. The van der Waals surface area contributed by atoms with Gasteiger partial charge in [0.15, 0.2) is 0 Å². The number of nitrogens with zero attached hydrogens (tertiary/aromatic N) is 3. The molecule has 2 saturated heterocycles. The van der Waals surface area contributed by atoms with Crippen LogP contribution in [0.25, 0.3) is 0 Å². The summed E-state index contributed by atoms with van der Waals surface area (Å²) in [6, 6.07) is 7.34. The maximum Gasteiger partial charge on any atom is 0.245 e. The fourth-order valence-electron chi connectivity index (χ4n) is 4.47. The van der Waals surface area contributed by atoms with Crippen LogP contribution >= 0.6 is 0 Å². The Labute approximate surface area is 165 Å². The predicted molar refractivity (Wildman–Crippen MR) is 106 cm³/mol. The molecular weight excluding hydrogens is 356 g/mol. The largest absolute Gasteiger partial charge is 0.338 e. The lowest BCUT2D eigenvalue weighted by Crippen LogP contribution is -2.54. The highest BCUT2D eigenvalue weighted by Crippen LogP contribution is 2.29. The molecule has 28 heavy (non-hydrogen) atoms. The summed E-state index contributed by atoms with van der Waals surface area (Å²) in [5.41, 5.74) is 1.90. The van der Waals surface area contributed by atoms with Crippen molar-refractivity contribution in [2.45, 2.75) is 31.7 Å². The lowest BCUT2D eigenvalue weighted by atomic mass is 9.90. The van der Waals surface area contributed by atoms with Crippen LogP contribution in [0, 0.1) is 5.92 Å². The topological polar surface area (TPSA) is 73.0 Å². The molecule has 4 rings (SSSR count). The highest BCUT2D eigenvalue weighted by molar-refractivity contribution is 5.98. The van der Waals surface area contributed by atoms with E-state index in [2.05, 4.69) is 17.3 Å². The summed E-state index contributed by atoms with van der Waals surface area (Å²) in [7, 11) is 2.06. The Kier molecular flexibility index (Phi) is 5.35. The fraction of sp³-hybridized carbons (Fsp3) is 0.571. The van der Waals surface area contributed by atoms with E-state index in [1.54, 1.807) is 4.90 Å². The molecule has 0 bridgehead atoms. The van der Waals surface area contributed by atoms with E-state index in [0.717, 1.165) is 50.3 Å². The van der Waals surface area contributed by atoms with Crippen LogP contribution in [0.4, 0.5) is 5.69 Å². The van der Waals surface area contributed by atoms with Gasteiger partial charge in [-0.15, -0.1) is 0 Å². The Balaban J connectivity index is 1.40. The van der Waals surface area contributed by atoms with Gasteiger partial charge in [0.2, 0.25) is 17.7 Å². The highest BCUT2D eigenvalue weighted by Gasteiger charge is 2.39. The summed E-state index contributed by atoms with van der Waals surface area (Å²) >= 11 is 0. The summed E-state index contributed by atoms with van der Waals surface area (Å²) in [5.74, 6) is -0.488. The predicted octanol–water partition coefficient (Wildman–Crippen LogP) is 0.952. The summed E-state index contributed by atoms with van der Waals surface area (Å²) in [6.45, 7) is 3.78. The average molecular weight is 384 g/mol. The molecule has 2 atom stereocenters. The third-order valence-corrected chi connectivity index (χ3v) is 6.21. The van der Waals surface area contributed by atoms with Crippen molar-refractivity contribution in [3.8, 4) is 0 Å².